The molecule has 1 amide bonds. The number of nitrogens with zero attached hydrogens (tertiary/aromatic N) is 1. The lowest BCUT2D eigenvalue weighted by atomic mass is 9.94. The van der Waals surface area contributed by atoms with Gasteiger partial charge < -0.3 is 9.64 Å². The topological polar surface area (TPSA) is 29.5 Å². The number of carbonyl (C=O) groups is 1. The second-order valence-electron chi connectivity index (χ2n) is 9.47. The van der Waals surface area contributed by atoms with E-state index in [2.05, 4.69) is 91.5 Å². The molecule has 1 heterocycles. The second kappa shape index (κ2) is 8.01. The third-order valence-corrected chi connectivity index (χ3v) is 12.0. The Morgan fingerprint density at radius 1 is 0.839 bits per heavy atom. The molecule has 3 aromatic carbocycles. The van der Waals surface area contributed by atoms with E-state index in [0.717, 1.165) is 6.42 Å². The minimum Gasteiger partial charge on any atom is -0.444 e. The van der Waals surface area contributed by atoms with Gasteiger partial charge in [-0.25, -0.2) is 4.79 Å². The molecule has 1 aliphatic rings. The van der Waals surface area contributed by atoms with Gasteiger partial charge in [0.1, 0.15) is 13.7 Å². The molecule has 4 rings (SSSR count). The highest BCUT2D eigenvalue weighted by Gasteiger charge is 2.63. The van der Waals surface area contributed by atoms with Crippen molar-refractivity contribution in [1.29, 1.82) is 0 Å². The molecule has 160 valence electrons. The van der Waals surface area contributed by atoms with Crippen molar-refractivity contribution in [3.05, 3.63) is 96.6 Å². The molecule has 0 aliphatic carbocycles. The van der Waals surface area contributed by atoms with E-state index in [1.54, 1.807) is 0 Å². The van der Waals surface area contributed by atoms with E-state index in [-0.39, 0.29) is 6.09 Å². The molecule has 1 fully saturated rings. The van der Waals surface area contributed by atoms with Crippen molar-refractivity contribution in [1.82, 2.24) is 4.90 Å². The van der Waals surface area contributed by atoms with Crippen LogP contribution in [0, 0.1) is 0 Å². The summed E-state index contributed by atoms with van der Waals surface area (Å²) in [7, 11) is -2.49. The monoisotopic (exact) mass is 429 g/mol. The van der Waals surface area contributed by atoms with Crippen LogP contribution in [0.1, 0.15) is 32.8 Å². The van der Waals surface area contributed by atoms with E-state index in [4.69, 9.17) is 4.74 Å². The summed E-state index contributed by atoms with van der Waals surface area (Å²) in [5.41, 5.74) is 0.654. The summed E-state index contributed by atoms with van der Waals surface area (Å²) in [5.74, 6) is 0. The summed E-state index contributed by atoms with van der Waals surface area (Å²) in [6.07, 6.45) is 0.691. The lowest BCUT2D eigenvalue weighted by Gasteiger charge is -2.61. The van der Waals surface area contributed by atoms with Crippen molar-refractivity contribution in [2.24, 2.45) is 0 Å². The van der Waals surface area contributed by atoms with E-state index in [0.29, 0.717) is 6.54 Å². The molecule has 0 bridgehead atoms. The lowest BCUT2D eigenvalue weighted by molar-refractivity contribution is -0.0206. The summed E-state index contributed by atoms with van der Waals surface area (Å²) in [6.45, 7) is 8.90. The van der Waals surface area contributed by atoms with Crippen LogP contribution >= 0.6 is 0 Å². The molecule has 1 aliphatic heterocycles. The van der Waals surface area contributed by atoms with Crippen LogP contribution in [0.4, 0.5) is 4.79 Å². The Balaban J connectivity index is 1.97. The van der Waals surface area contributed by atoms with Crippen LogP contribution in [0.2, 0.25) is 6.55 Å². The molecular formula is C27H31NO2Si. The van der Waals surface area contributed by atoms with E-state index in [1.807, 2.05) is 31.7 Å². The first-order valence-electron chi connectivity index (χ1n) is 11.0. The molecule has 1 unspecified atom stereocenters. The van der Waals surface area contributed by atoms with Crippen LogP contribution in [-0.4, -0.2) is 31.2 Å². The average molecular weight is 430 g/mol. The van der Waals surface area contributed by atoms with E-state index in [9.17, 15) is 4.79 Å². The fourth-order valence-corrected chi connectivity index (χ4v) is 10.1. The van der Waals surface area contributed by atoms with Gasteiger partial charge in [-0.1, -0.05) is 108 Å². The third kappa shape index (κ3) is 3.59. The fraction of sp³-hybridized carbons (Fsp3) is 0.296. The van der Waals surface area contributed by atoms with Gasteiger partial charge in [-0.3, -0.25) is 0 Å². The molecule has 31 heavy (non-hydrogen) atoms. The van der Waals surface area contributed by atoms with Crippen molar-refractivity contribution in [3.8, 4) is 0 Å². The molecule has 0 aromatic heterocycles. The van der Waals surface area contributed by atoms with Crippen LogP contribution < -0.4 is 10.4 Å². The number of likely N-dealkylation sites (tertiary alicyclic amines) is 1. The molecule has 1 atom stereocenters. The molecular weight excluding hydrogens is 398 g/mol. The quantitative estimate of drug-likeness (QED) is 0.549. The highest BCUT2D eigenvalue weighted by molar-refractivity contribution is 7.03. The van der Waals surface area contributed by atoms with Gasteiger partial charge in [-0.2, -0.15) is 0 Å². The van der Waals surface area contributed by atoms with Crippen molar-refractivity contribution in [3.63, 3.8) is 0 Å². The maximum atomic E-state index is 13.5. The second-order valence-corrected chi connectivity index (χ2v) is 13.7. The summed E-state index contributed by atoms with van der Waals surface area (Å²) in [5, 5.41) is 2.22. The first-order chi connectivity index (χ1) is 14.8. The lowest BCUT2D eigenvalue weighted by Crippen LogP contribution is -2.80. The fourth-order valence-electron chi connectivity index (χ4n) is 5.02. The van der Waals surface area contributed by atoms with Crippen molar-refractivity contribution < 1.29 is 9.53 Å². The van der Waals surface area contributed by atoms with Crippen LogP contribution in [0.5, 0.6) is 0 Å². The Morgan fingerprint density at radius 3 is 1.68 bits per heavy atom. The van der Waals surface area contributed by atoms with Crippen LogP contribution in [0.25, 0.3) is 0 Å². The zero-order chi connectivity index (χ0) is 22.1. The molecule has 0 radical (unpaired) electrons. The summed E-state index contributed by atoms with van der Waals surface area (Å²) in [4.78, 5) is 15.5. The normalized spacial score (nSPS) is 18.9. The Hall–Kier alpha value is -2.85. The van der Waals surface area contributed by atoms with Crippen molar-refractivity contribution >= 4 is 24.5 Å². The van der Waals surface area contributed by atoms with Gasteiger partial charge in [0, 0.05) is 6.54 Å². The number of carbonyl (C=O) groups excluding carboxylic acids is 1. The number of hydrogen-bond acceptors (Lipinski definition) is 2. The smallest absolute Gasteiger partial charge is 0.410 e. The highest BCUT2D eigenvalue weighted by Crippen LogP contribution is 2.48. The molecule has 1 saturated heterocycles. The van der Waals surface area contributed by atoms with Gasteiger partial charge in [0.15, 0.2) is 0 Å². The standard InChI is InChI=1S/C27H31NO2Si/c1-26(2,3)30-25(29)28-21-20-27(28,22-14-8-5-9-15-22)31(4,23-16-10-6-11-17-23)24-18-12-7-13-19-24/h5-19H,20-21H2,1-4H3. The van der Waals surface area contributed by atoms with Crippen molar-refractivity contribution in [2.75, 3.05) is 6.54 Å². The van der Waals surface area contributed by atoms with Crippen LogP contribution in [-0.2, 0) is 9.90 Å². The van der Waals surface area contributed by atoms with E-state index < -0.39 is 18.8 Å². The number of benzene rings is 3. The summed E-state index contributed by atoms with van der Waals surface area (Å²) < 4.78 is 5.89. The third-order valence-electron chi connectivity index (χ3n) is 6.55. The predicted molar refractivity (Wildman–Crippen MR) is 129 cm³/mol. The van der Waals surface area contributed by atoms with Crippen LogP contribution in [0.3, 0.4) is 0 Å². The van der Waals surface area contributed by atoms with Gasteiger partial charge in [0.2, 0.25) is 0 Å². The molecule has 0 spiro atoms. The van der Waals surface area contributed by atoms with Gasteiger partial charge in [0.05, 0.1) is 5.16 Å². The Bertz CT molecular complexity index is 992. The van der Waals surface area contributed by atoms with Gasteiger partial charge in [-0.05, 0) is 32.8 Å². The largest absolute Gasteiger partial charge is 0.444 e. The SMILES string of the molecule is CC(C)(C)OC(=O)N1CCC1(c1ccccc1)[Si](C)(c1ccccc1)c1ccccc1. The molecule has 0 N–H and O–H groups in total. The average Bonchev–Trinajstić information content (AvgIpc) is 2.74. The van der Waals surface area contributed by atoms with Gasteiger partial charge in [-0.15, -0.1) is 0 Å². The minimum atomic E-state index is -2.49. The number of rotatable bonds is 4. The van der Waals surface area contributed by atoms with Crippen LogP contribution in [0.15, 0.2) is 91.0 Å². The maximum absolute atomic E-state index is 13.5. The zero-order valence-electron chi connectivity index (χ0n) is 18.8. The minimum absolute atomic E-state index is 0.229. The highest BCUT2D eigenvalue weighted by atomic mass is 28.3. The molecule has 3 nitrogen and oxygen atoms in total. The molecule has 0 saturated carbocycles. The first kappa shape index (κ1) is 21.4. The van der Waals surface area contributed by atoms with E-state index in [1.165, 1.54) is 15.9 Å². The molecule has 4 heteroatoms. The first-order valence-corrected chi connectivity index (χ1v) is 13.5. The summed E-state index contributed by atoms with van der Waals surface area (Å²) >= 11 is 0. The van der Waals surface area contributed by atoms with Gasteiger partial charge in [0.25, 0.3) is 0 Å². The Labute approximate surface area is 186 Å². The molecule has 3 aromatic rings. The van der Waals surface area contributed by atoms with E-state index >= 15 is 0 Å². The number of amides is 1. The van der Waals surface area contributed by atoms with Crippen molar-refractivity contribution in [2.45, 2.75) is 44.5 Å². The Morgan fingerprint density at radius 2 is 1.29 bits per heavy atom. The Kier molecular flexibility index (Phi) is 5.52. The number of ether oxygens (including phenoxy) is 1. The summed E-state index contributed by atoms with van der Waals surface area (Å²) in [6, 6.07) is 32.0. The maximum Gasteiger partial charge on any atom is 0.410 e. The van der Waals surface area contributed by atoms with Gasteiger partial charge >= 0.3 is 6.09 Å². The zero-order valence-corrected chi connectivity index (χ0v) is 19.8. The number of hydrogen-bond donors (Lipinski definition) is 0. The predicted octanol–water partition coefficient (Wildman–Crippen LogP) is 4.95.